The van der Waals surface area contributed by atoms with E-state index in [-0.39, 0.29) is 0 Å². The summed E-state index contributed by atoms with van der Waals surface area (Å²) in [6.07, 6.45) is 0. The van der Waals surface area contributed by atoms with E-state index >= 15 is 0 Å². The van der Waals surface area contributed by atoms with Gasteiger partial charge in [0.15, 0.2) is 0 Å². The zero-order valence-electron chi connectivity index (χ0n) is 14.8. The van der Waals surface area contributed by atoms with Crippen molar-refractivity contribution in [1.82, 2.24) is 15.1 Å². The maximum Gasteiger partial charge on any atom is 0.278 e. The zero-order chi connectivity index (χ0) is 18.2. The number of para-hydroxylation sites is 2. The molecular formula is C18H22N4O3. The molecule has 7 heteroatoms. The molecule has 3 rings (SSSR count). The number of amides is 2. The highest BCUT2D eigenvalue weighted by molar-refractivity contribution is 6.15. The third kappa shape index (κ3) is 2.86. The minimum atomic E-state index is -1.61. The van der Waals surface area contributed by atoms with Crippen LogP contribution in [0.1, 0.15) is 30.8 Å². The fourth-order valence-corrected chi connectivity index (χ4v) is 2.95. The van der Waals surface area contributed by atoms with Gasteiger partial charge < -0.3 is 15.4 Å². The van der Waals surface area contributed by atoms with E-state index in [0.29, 0.717) is 18.0 Å². The Morgan fingerprint density at radius 1 is 1.36 bits per heavy atom. The summed E-state index contributed by atoms with van der Waals surface area (Å²) in [5, 5.41) is 9.97. The van der Waals surface area contributed by atoms with Gasteiger partial charge in [0, 0.05) is 24.3 Å². The van der Waals surface area contributed by atoms with E-state index in [4.69, 9.17) is 4.74 Å². The lowest BCUT2D eigenvalue weighted by Gasteiger charge is -2.33. The highest BCUT2D eigenvalue weighted by Crippen LogP contribution is 2.33. The van der Waals surface area contributed by atoms with Gasteiger partial charge in [0.2, 0.25) is 0 Å². The number of carbonyl (C=O) groups excluding carboxylic acids is 2. The lowest BCUT2D eigenvalue weighted by atomic mass is 10.0. The Bertz CT molecular complexity index is 843. The van der Waals surface area contributed by atoms with Crippen LogP contribution >= 0.6 is 0 Å². The van der Waals surface area contributed by atoms with Crippen LogP contribution in [0.5, 0.6) is 5.75 Å². The molecule has 1 aromatic heterocycles. The van der Waals surface area contributed by atoms with E-state index in [1.807, 2.05) is 25.5 Å². The van der Waals surface area contributed by atoms with Crippen LogP contribution in [0.25, 0.3) is 0 Å². The van der Waals surface area contributed by atoms with Gasteiger partial charge in [-0.15, -0.1) is 0 Å². The Morgan fingerprint density at radius 2 is 2.08 bits per heavy atom. The van der Waals surface area contributed by atoms with Crippen LogP contribution in [0.15, 0.2) is 24.3 Å². The molecular weight excluding hydrogens is 320 g/mol. The summed E-state index contributed by atoms with van der Waals surface area (Å²) in [5.41, 5.74) is 1.77. The number of aryl methyl sites for hydroxylation is 2. The minimum absolute atomic E-state index is 0.296. The van der Waals surface area contributed by atoms with Crippen LogP contribution in [0.2, 0.25) is 0 Å². The molecule has 0 radical (unpaired) electrons. The van der Waals surface area contributed by atoms with Crippen LogP contribution in [0, 0.1) is 13.8 Å². The van der Waals surface area contributed by atoms with Gasteiger partial charge >= 0.3 is 0 Å². The monoisotopic (exact) mass is 342 g/mol. The predicted octanol–water partition coefficient (Wildman–Crippen LogP) is 1.93. The van der Waals surface area contributed by atoms with Gasteiger partial charge in [-0.1, -0.05) is 12.1 Å². The number of benzene rings is 1. The summed E-state index contributed by atoms with van der Waals surface area (Å²) >= 11 is 0. The molecule has 2 N–H and O–H groups in total. The number of nitrogens with zero attached hydrogens (tertiary/aromatic N) is 2. The normalized spacial score (nSPS) is 19.0. The molecule has 132 valence electrons. The lowest BCUT2D eigenvalue weighted by molar-refractivity contribution is -0.146. The SMILES string of the molecule is CCn1nc(C)c(CNC(=O)[C@]2(C)Oc3ccccc3NC2=O)c1C. The van der Waals surface area contributed by atoms with Gasteiger partial charge in [0.05, 0.1) is 11.4 Å². The number of ether oxygens (including phenoxy) is 1. The molecule has 0 saturated carbocycles. The second-order valence-corrected chi connectivity index (χ2v) is 6.23. The first-order valence-electron chi connectivity index (χ1n) is 8.27. The summed E-state index contributed by atoms with van der Waals surface area (Å²) in [7, 11) is 0. The second kappa shape index (κ2) is 6.23. The third-order valence-corrected chi connectivity index (χ3v) is 4.57. The van der Waals surface area contributed by atoms with E-state index in [1.165, 1.54) is 6.92 Å². The van der Waals surface area contributed by atoms with Crippen molar-refractivity contribution in [1.29, 1.82) is 0 Å². The van der Waals surface area contributed by atoms with Crippen molar-refractivity contribution in [3.63, 3.8) is 0 Å². The molecule has 1 aromatic carbocycles. The maximum absolute atomic E-state index is 12.7. The molecule has 0 aliphatic carbocycles. The van der Waals surface area contributed by atoms with Crippen molar-refractivity contribution < 1.29 is 14.3 Å². The molecule has 2 amide bonds. The standard InChI is InChI=1S/C18H22N4O3/c1-5-22-12(3)13(11(2)21-22)10-19-16(23)18(4)17(24)20-14-8-6-7-9-15(14)25-18/h6-9H,5,10H2,1-4H3,(H,19,23)(H,20,24)/t18-/m0/s1. The average Bonchev–Trinajstić information content (AvgIpc) is 2.87. The molecule has 0 bridgehead atoms. The molecule has 2 heterocycles. The molecule has 0 unspecified atom stereocenters. The van der Waals surface area contributed by atoms with Crippen LogP contribution in [0.4, 0.5) is 5.69 Å². The first-order chi connectivity index (χ1) is 11.9. The highest BCUT2D eigenvalue weighted by Gasteiger charge is 2.47. The molecule has 25 heavy (non-hydrogen) atoms. The van der Waals surface area contributed by atoms with Gasteiger partial charge in [-0.3, -0.25) is 14.3 Å². The van der Waals surface area contributed by atoms with Gasteiger partial charge in [-0.25, -0.2) is 0 Å². The summed E-state index contributed by atoms with van der Waals surface area (Å²) in [4.78, 5) is 25.1. The largest absolute Gasteiger partial charge is 0.466 e. The van der Waals surface area contributed by atoms with Crippen molar-refractivity contribution in [2.24, 2.45) is 0 Å². The van der Waals surface area contributed by atoms with Gasteiger partial charge in [0.1, 0.15) is 5.75 Å². The number of carbonyl (C=O) groups is 2. The molecule has 0 saturated heterocycles. The van der Waals surface area contributed by atoms with Crippen LogP contribution in [-0.4, -0.2) is 27.2 Å². The Labute approximate surface area is 146 Å². The number of hydrogen-bond acceptors (Lipinski definition) is 4. The van der Waals surface area contributed by atoms with Crippen molar-refractivity contribution >= 4 is 17.5 Å². The van der Waals surface area contributed by atoms with Gasteiger partial charge in [0.25, 0.3) is 17.4 Å². The molecule has 7 nitrogen and oxygen atoms in total. The Kier molecular flexibility index (Phi) is 4.24. The quantitative estimate of drug-likeness (QED) is 0.832. The summed E-state index contributed by atoms with van der Waals surface area (Å²) in [6.45, 7) is 8.42. The fourth-order valence-electron chi connectivity index (χ4n) is 2.95. The number of rotatable bonds is 4. The summed E-state index contributed by atoms with van der Waals surface area (Å²) in [5.74, 6) is -0.491. The van der Waals surface area contributed by atoms with Crippen molar-refractivity contribution in [3.8, 4) is 5.75 Å². The summed E-state index contributed by atoms with van der Waals surface area (Å²) in [6, 6.07) is 7.04. The molecule has 1 atom stereocenters. The second-order valence-electron chi connectivity index (χ2n) is 6.23. The lowest BCUT2D eigenvalue weighted by Crippen LogP contribution is -2.58. The Balaban J connectivity index is 1.77. The van der Waals surface area contributed by atoms with Crippen molar-refractivity contribution in [3.05, 3.63) is 41.2 Å². The Hall–Kier alpha value is -2.83. The van der Waals surface area contributed by atoms with Crippen molar-refractivity contribution in [2.45, 2.75) is 46.4 Å². The van der Waals surface area contributed by atoms with E-state index in [0.717, 1.165) is 23.5 Å². The molecule has 0 spiro atoms. The molecule has 1 aliphatic heterocycles. The Morgan fingerprint density at radius 3 is 2.76 bits per heavy atom. The van der Waals surface area contributed by atoms with Crippen LogP contribution < -0.4 is 15.4 Å². The van der Waals surface area contributed by atoms with E-state index in [9.17, 15) is 9.59 Å². The van der Waals surface area contributed by atoms with Crippen LogP contribution in [0.3, 0.4) is 0 Å². The van der Waals surface area contributed by atoms with Crippen LogP contribution in [-0.2, 0) is 22.7 Å². The number of aromatic nitrogens is 2. The molecule has 0 fully saturated rings. The smallest absolute Gasteiger partial charge is 0.278 e. The highest BCUT2D eigenvalue weighted by atomic mass is 16.5. The van der Waals surface area contributed by atoms with E-state index in [2.05, 4.69) is 15.7 Å². The minimum Gasteiger partial charge on any atom is -0.466 e. The predicted molar refractivity (Wildman–Crippen MR) is 93.3 cm³/mol. The van der Waals surface area contributed by atoms with E-state index < -0.39 is 17.4 Å². The average molecular weight is 342 g/mol. The van der Waals surface area contributed by atoms with Gasteiger partial charge in [-0.2, -0.15) is 5.10 Å². The summed E-state index contributed by atoms with van der Waals surface area (Å²) < 4.78 is 7.61. The van der Waals surface area contributed by atoms with Crippen molar-refractivity contribution in [2.75, 3.05) is 5.32 Å². The zero-order valence-corrected chi connectivity index (χ0v) is 14.8. The first-order valence-corrected chi connectivity index (χ1v) is 8.27. The number of anilines is 1. The number of nitrogens with one attached hydrogen (secondary N) is 2. The van der Waals surface area contributed by atoms with E-state index in [1.54, 1.807) is 24.3 Å². The number of fused-ring (bicyclic) bond motifs is 1. The van der Waals surface area contributed by atoms with Gasteiger partial charge in [-0.05, 0) is 39.8 Å². The maximum atomic E-state index is 12.7. The third-order valence-electron chi connectivity index (χ3n) is 4.57. The topological polar surface area (TPSA) is 85.2 Å². The fraction of sp³-hybridized carbons (Fsp3) is 0.389. The molecule has 2 aromatic rings. The number of hydrogen-bond donors (Lipinski definition) is 2. The first kappa shape index (κ1) is 17.0. The molecule has 1 aliphatic rings.